The Balaban J connectivity index is 1.57. The number of aromatic nitrogens is 4. The van der Waals surface area contributed by atoms with Gasteiger partial charge in [0, 0.05) is 41.7 Å². The van der Waals surface area contributed by atoms with Crippen LogP contribution in [0.1, 0.15) is 44.1 Å². The first-order chi connectivity index (χ1) is 16.0. The maximum Gasteiger partial charge on any atom is 0.150 e. The van der Waals surface area contributed by atoms with Crippen molar-refractivity contribution in [2.75, 3.05) is 6.61 Å². The van der Waals surface area contributed by atoms with Gasteiger partial charge in [0.05, 0.1) is 15.6 Å². The second kappa shape index (κ2) is 9.47. The van der Waals surface area contributed by atoms with E-state index in [1.54, 1.807) is 24.7 Å². The van der Waals surface area contributed by atoms with Crippen LogP contribution in [0.15, 0.2) is 48.9 Å². The van der Waals surface area contributed by atoms with Gasteiger partial charge in [-0.05, 0) is 56.5 Å². The number of ether oxygens (including phenoxy) is 2. The Kier molecular flexibility index (Phi) is 6.43. The summed E-state index contributed by atoms with van der Waals surface area (Å²) in [6, 6.07) is 9.58. The number of benzene rings is 1. The molecule has 0 spiro atoms. The third-order valence-corrected chi connectivity index (χ3v) is 6.54. The lowest BCUT2D eigenvalue weighted by atomic mass is 10.1. The highest BCUT2D eigenvalue weighted by Crippen LogP contribution is 2.37. The fourth-order valence-corrected chi connectivity index (χ4v) is 4.92. The third-order valence-electron chi connectivity index (χ3n) is 5.72. The number of hydrogen-bond acceptors (Lipinski definition) is 5. The van der Waals surface area contributed by atoms with Gasteiger partial charge >= 0.3 is 0 Å². The normalized spacial score (nSPS) is 17.3. The van der Waals surface area contributed by atoms with Gasteiger partial charge in [-0.2, -0.15) is 5.10 Å². The van der Waals surface area contributed by atoms with Crippen molar-refractivity contribution in [1.29, 1.82) is 0 Å². The zero-order chi connectivity index (χ0) is 22.9. The fourth-order valence-electron chi connectivity index (χ4n) is 4.13. The minimum atomic E-state index is -0.372. The molecule has 1 aromatic carbocycles. The van der Waals surface area contributed by atoms with E-state index in [-0.39, 0.29) is 12.3 Å². The Morgan fingerprint density at radius 3 is 2.58 bits per heavy atom. The van der Waals surface area contributed by atoms with Crippen molar-refractivity contribution in [2.45, 2.75) is 38.5 Å². The van der Waals surface area contributed by atoms with Crippen LogP contribution in [-0.4, -0.2) is 26.4 Å². The van der Waals surface area contributed by atoms with E-state index in [0.717, 1.165) is 48.0 Å². The van der Waals surface area contributed by atoms with Crippen LogP contribution in [0.3, 0.4) is 0 Å². The topological polar surface area (TPSA) is 62.1 Å². The summed E-state index contributed by atoms with van der Waals surface area (Å²) in [7, 11) is 0. The van der Waals surface area contributed by atoms with E-state index >= 15 is 0 Å². The summed E-state index contributed by atoms with van der Waals surface area (Å²) in [4.78, 5) is 8.25. The van der Waals surface area contributed by atoms with E-state index in [1.165, 1.54) is 0 Å². The van der Waals surface area contributed by atoms with Gasteiger partial charge in [-0.15, -0.1) is 0 Å². The van der Waals surface area contributed by atoms with E-state index in [2.05, 4.69) is 9.97 Å². The Labute approximate surface area is 206 Å². The zero-order valence-electron chi connectivity index (χ0n) is 17.8. The summed E-state index contributed by atoms with van der Waals surface area (Å²) in [5.74, 6) is 0.672. The van der Waals surface area contributed by atoms with Crippen LogP contribution in [0.2, 0.25) is 15.2 Å². The molecule has 0 aliphatic carbocycles. The lowest BCUT2D eigenvalue weighted by molar-refractivity contribution is -0.0365. The fraction of sp³-hybridized carbons (Fsp3) is 0.292. The summed E-state index contributed by atoms with van der Waals surface area (Å²) in [5.41, 5.74) is 3.32. The second-order valence-electron chi connectivity index (χ2n) is 7.94. The molecular formula is C24H21Cl3N4O2. The van der Waals surface area contributed by atoms with E-state index < -0.39 is 0 Å². The molecule has 2 atom stereocenters. The van der Waals surface area contributed by atoms with Gasteiger partial charge in [0.1, 0.15) is 22.7 Å². The van der Waals surface area contributed by atoms with Crippen molar-refractivity contribution in [3.05, 3.63) is 69.7 Å². The minimum absolute atomic E-state index is 0.101. The van der Waals surface area contributed by atoms with Crippen LogP contribution >= 0.6 is 34.8 Å². The van der Waals surface area contributed by atoms with Gasteiger partial charge in [-0.1, -0.05) is 34.8 Å². The molecule has 0 amide bonds. The number of halogens is 3. The molecule has 0 radical (unpaired) electrons. The monoisotopic (exact) mass is 502 g/mol. The molecule has 3 aromatic heterocycles. The molecule has 1 unspecified atom stereocenters. The van der Waals surface area contributed by atoms with Crippen molar-refractivity contribution in [3.63, 3.8) is 0 Å². The lowest BCUT2D eigenvalue weighted by Crippen LogP contribution is -2.19. The highest BCUT2D eigenvalue weighted by atomic mass is 35.5. The Bertz CT molecular complexity index is 1270. The summed E-state index contributed by atoms with van der Waals surface area (Å²) < 4.78 is 14.2. The standard InChI is InChI=1S/C24H21Cl3N4O2/c1-14(23-18(25)12-28-13-19(23)26)33-16-6-7-20-17(10-16)24(15-5-8-21(27)29-11-15)30-31(20)22-4-2-3-9-32-22/h5-8,10-14,22H,2-4,9H2,1H3/t14-,22?/m1/s1. The molecule has 9 heteroatoms. The molecule has 0 saturated carbocycles. The first kappa shape index (κ1) is 22.4. The van der Waals surface area contributed by atoms with Gasteiger partial charge in [-0.25, -0.2) is 9.67 Å². The molecule has 4 aromatic rings. The predicted octanol–water partition coefficient (Wildman–Crippen LogP) is 7.29. The van der Waals surface area contributed by atoms with Crippen LogP contribution in [0.4, 0.5) is 0 Å². The van der Waals surface area contributed by atoms with Gasteiger partial charge in [0.25, 0.3) is 0 Å². The van der Waals surface area contributed by atoms with E-state index in [4.69, 9.17) is 49.4 Å². The van der Waals surface area contributed by atoms with Gasteiger partial charge in [0.2, 0.25) is 0 Å². The van der Waals surface area contributed by atoms with Crippen LogP contribution in [0.5, 0.6) is 5.75 Å². The first-order valence-corrected chi connectivity index (χ1v) is 11.9. The van der Waals surface area contributed by atoms with E-state index in [9.17, 15) is 0 Å². The van der Waals surface area contributed by atoms with Crippen molar-refractivity contribution in [3.8, 4) is 17.0 Å². The SMILES string of the molecule is C[C@@H](Oc1ccc2c(c1)c(-c1ccc(Cl)nc1)nn2C1CCCCO1)c1c(Cl)cncc1Cl. The van der Waals surface area contributed by atoms with Crippen LogP contribution in [0.25, 0.3) is 22.2 Å². The Hall–Kier alpha value is -2.38. The number of rotatable bonds is 5. The number of nitrogens with zero attached hydrogens (tertiary/aromatic N) is 4. The molecule has 1 saturated heterocycles. The van der Waals surface area contributed by atoms with Gasteiger partial charge in [0.15, 0.2) is 6.23 Å². The number of fused-ring (bicyclic) bond motifs is 1. The van der Waals surface area contributed by atoms with Crippen LogP contribution in [-0.2, 0) is 4.74 Å². The molecule has 5 rings (SSSR count). The quantitative estimate of drug-likeness (QED) is 0.268. The molecule has 170 valence electrons. The van der Waals surface area contributed by atoms with Crippen molar-refractivity contribution in [2.24, 2.45) is 0 Å². The van der Waals surface area contributed by atoms with Crippen molar-refractivity contribution in [1.82, 2.24) is 19.7 Å². The minimum Gasteiger partial charge on any atom is -0.486 e. The average Bonchev–Trinajstić information content (AvgIpc) is 3.19. The van der Waals surface area contributed by atoms with Crippen LogP contribution in [0, 0.1) is 0 Å². The highest BCUT2D eigenvalue weighted by Gasteiger charge is 2.23. The maximum absolute atomic E-state index is 6.32. The van der Waals surface area contributed by atoms with Crippen molar-refractivity contribution < 1.29 is 9.47 Å². The summed E-state index contributed by atoms with van der Waals surface area (Å²) in [6.07, 6.45) is 7.47. The third kappa shape index (κ3) is 4.53. The molecule has 1 aliphatic heterocycles. The summed E-state index contributed by atoms with van der Waals surface area (Å²) in [6.45, 7) is 2.64. The lowest BCUT2D eigenvalue weighted by Gasteiger charge is -2.23. The average molecular weight is 504 g/mol. The smallest absolute Gasteiger partial charge is 0.150 e. The molecule has 0 bridgehead atoms. The zero-order valence-corrected chi connectivity index (χ0v) is 20.1. The van der Waals surface area contributed by atoms with E-state index in [1.807, 2.05) is 35.9 Å². The molecule has 0 N–H and O–H groups in total. The van der Waals surface area contributed by atoms with Gasteiger partial charge < -0.3 is 9.47 Å². The second-order valence-corrected chi connectivity index (χ2v) is 9.14. The van der Waals surface area contributed by atoms with E-state index in [0.29, 0.717) is 26.5 Å². The molecular weight excluding hydrogens is 483 g/mol. The van der Waals surface area contributed by atoms with Gasteiger partial charge in [-0.3, -0.25) is 4.98 Å². The maximum atomic E-state index is 6.32. The van der Waals surface area contributed by atoms with Crippen LogP contribution < -0.4 is 4.74 Å². The predicted molar refractivity (Wildman–Crippen MR) is 130 cm³/mol. The largest absolute Gasteiger partial charge is 0.486 e. The highest BCUT2D eigenvalue weighted by molar-refractivity contribution is 6.35. The number of pyridine rings is 2. The Morgan fingerprint density at radius 1 is 1.06 bits per heavy atom. The summed E-state index contributed by atoms with van der Waals surface area (Å²) >= 11 is 18.7. The molecule has 6 nitrogen and oxygen atoms in total. The summed E-state index contributed by atoms with van der Waals surface area (Å²) in [5, 5.41) is 7.22. The molecule has 33 heavy (non-hydrogen) atoms. The number of hydrogen-bond donors (Lipinski definition) is 0. The first-order valence-electron chi connectivity index (χ1n) is 10.7. The van der Waals surface area contributed by atoms with Crippen molar-refractivity contribution >= 4 is 45.7 Å². The molecule has 4 heterocycles. The Morgan fingerprint density at radius 2 is 1.88 bits per heavy atom. The molecule has 1 fully saturated rings. The molecule has 1 aliphatic rings.